The number of benzene rings is 1. The van der Waals surface area contributed by atoms with Crippen molar-refractivity contribution < 1.29 is 19.1 Å². The molecule has 1 aromatic carbocycles. The SMILES string of the molecule is NC(=O)c1cccc(NC(=O)C2=COCCO2)c1. The molecule has 6 heteroatoms. The topological polar surface area (TPSA) is 90.7 Å². The van der Waals surface area contributed by atoms with Gasteiger partial charge in [0.2, 0.25) is 11.7 Å². The van der Waals surface area contributed by atoms with Gasteiger partial charge >= 0.3 is 0 Å². The van der Waals surface area contributed by atoms with E-state index < -0.39 is 11.8 Å². The van der Waals surface area contributed by atoms with E-state index in [1.54, 1.807) is 18.2 Å². The first-order valence-corrected chi connectivity index (χ1v) is 5.32. The van der Waals surface area contributed by atoms with Crippen molar-refractivity contribution in [3.63, 3.8) is 0 Å². The van der Waals surface area contributed by atoms with Crippen LogP contribution in [-0.2, 0) is 14.3 Å². The molecule has 0 aliphatic carbocycles. The molecule has 1 aliphatic heterocycles. The summed E-state index contributed by atoms with van der Waals surface area (Å²) in [4.78, 5) is 22.7. The van der Waals surface area contributed by atoms with Gasteiger partial charge in [0.05, 0.1) is 0 Å². The summed E-state index contributed by atoms with van der Waals surface area (Å²) in [5, 5.41) is 2.59. The summed E-state index contributed by atoms with van der Waals surface area (Å²) >= 11 is 0. The lowest BCUT2D eigenvalue weighted by Crippen LogP contribution is -2.21. The molecule has 3 N–H and O–H groups in total. The fourth-order valence-electron chi connectivity index (χ4n) is 1.43. The highest BCUT2D eigenvalue weighted by Gasteiger charge is 2.15. The summed E-state index contributed by atoms with van der Waals surface area (Å²) in [6.45, 7) is 0.758. The van der Waals surface area contributed by atoms with Crippen LogP contribution in [0.25, 0.3) is 0 Å². The number of nitrogens with one attached hydrogen (secondary N) is 1. The number of carbonyl (C=O) groups is 2. The van der Waals surface area contributed by atoms with E-state index in [1.807, 2.05) is 0 Å². The lowest BCUT2D eigenvalue weighted by molar-refractivity contribution is -0.117. The summed E-state index contributed by atoms with van der Waals surface area (Å²) < 4.78 is 10.1. The van der Waals surface area contributed by atoms with E-state index in [9.17, 15) is 9.59 Å². The molecule has 0 fully saturated rings. The molecule has 0 radical (unpaired) electrons. The van der Waals surface area contributed by atoms with Gasteiger partial charge in [-0.05, 0) is 18.2 Å². The largest absolute Gasteiger partial charge is 0.494 e. The van der Waals surface area contributed by atoms with Gasteiger partial charge in [-0.25, -0.2) is 0 Å². The number of ether oxygens (including phenoxy) is 2. The number of nitrogens with two attached hydrogens (primary N) is 1. The van der Waals surface area contributed by atoms with E-state index in [0.717, 1.165) is 0 Å². The number of rotatable bonds is 3. The minimum absolute atomic E-state index is 0.103. The molecule has 1 aliphatic rings. The third-order valence-corrected chi connectivity index (χ3v) is 2.28. The first kappa shape index (κ1) is 12.0. The number of hydrogen-bond acceptors (Lipinski definition) is 4. The summed E-state index contributed by atoms with van der Waals surface area (Å²) in [7, 11) is 0. The van der Waals surface area contributed by atoms with Crippen molar-refractivity contribution >= 4 is 17.5 Å². The second-order valence-corrected chi connectivity index (χ2v) is 3.60. The minimum Gasteiger partial charge on any atom is -0.494 e. The maximum atomic E-state index is 11.7. The molecule has 2 amide bonds. The molecule has 0 aromatic heterocycles. The average molecular weight is 248 g/mol. The molecule has 0 saturated heterocycles. The van der Waals surface area contributed by atoms with Crippen LogP contribution in [0.15, 0.2) is 36.3 Å². The van der Waals surface area contributed by atoms with Crippen molar-refractivity contribution in [3.05, 3.63) is 41.9 Å². The summed E-state index contributed by atoms with van der Waals surface area (Å²) in [5.74, 6) is -0.885. The lowest BCUT2D eigenvalue weighted by Gasteiger charge is -2.15. The van der Waals surface area contributed by atoms with Crippen molar-refractivity contribution in [1.29, 1.82) is 0 Å². The normalized spacial score (nSPS) is 13.9. The van der Waals surface area contributed by atoms with Crippen LogP contribution < -0.4 is 11.1 Å². The van der Waals surface area contributed by atoms with Crippen molar-refractivity contribution in [2.45, 2.75) is 0 Å². The van der Waals surface area contributed by atoms with Crippen LogP contribution in [0.1, 0.15) is 10.4 Å². The standard InChI is InChI=1S/C12H12N2O4/c13-11(15)8-2-1-3-9(6-8)14-12(16)10-7-17-4-5-18-10/h1-3,6-7H,4-5H2,(H2,13,15)(H,14,16). The zero-order valence-electron chi connectivity index (χ0n) is 9.51. The van der Waals surface area contributed by atoms with Gasteiger partial charge in [-0.2, -0.15) is 0 Å². The predicted octanol–water partition coefficient (Wildman–Crippen LogP) is 0.612. The number of amides is 2. The highest BCUT2D eigenvalue weighted by Crippen LogP contribution is 2.13. The van der Waals surface area contributed by atoms with Crippen LogP contribution >= 0.6 is 0 Å². The molecular formula is C12H12N2O4. The average Bonchev–Trinajstić information content (AvgIpc) is 2.40. The predicted molar refractivity (Wildman–Crippen MR) is 63.6 cm³/mol. The number of hydrogen-bond donors (Lipinski definition) is 2. The van der Waals surface area contributed by atoms with Gasteiger partial charge in [0.1, 0.15) is 19.5 Å². The van der Waals surface area contributed by atoms with Crippen LogP contribution in [0.5, 0.6) is 0 Å². The van der Waals surface area contributed by atoms with Crippen LogP contribution in [0.3, 0.4) is 0 Å². The van der Waals surface area contributed by atoms with Crippen LogP contribution in [0, 0.1) is 0 Å². The van der Waals surface area contributed by atoms with E-state index in [4.69, 9.17) is 15.2 Å². The van der Waals surface area contributed by atoms with Gasteiger partial charge < -0.3 is 20.5 Å². The zero-order valence-corrected chi connectivity index (χ0v) is 9.51. The molecule has 18 heavy (non-hydrogen) atoms. The van der Waals surface area contributed by atoms with E-state index in [2.05, 4.69) is 5.32 Å². The van der Waals surface area contributed by atoms with E-state index >= 15 is 0 Å². The van der Waals surface area contributed by atoms with Gasteiger partial charge in [-0.1, -0.05) is 6.07 Å². The van der Waals surface area contributed by atoms with Gasteiger partial charge in [0.15, 0.2) is 0 Å². The fourth-order valence-corrected chi connectivity index (χ4v) is 1.43. The summed E-state index contributed by atoms with van der Waals surface area (Å²) in [5.41, 5.74) is 5.93. The highest BCUT2D eigenvalue weighted by atomic mass is 16.6. The number of primary amides is 1. The van der Waals surface area contributed by atoms with Crippen molar-refractivity contribution in [2.24, 2.45) is 5.73 Å². The second kappa shape index (κ2) is 5.22. The molecule has 2 rings (SSSR count). The third kappa shape index (κ3) is 2.79. The monoisotopic (exact) mass is 248 g/mol. The second-order valence-electron chi connectivity index (χ2n) is 3.60. The Balaban J connectivity index is 2.09. The molecule has 94 valence electrons. The van der Waals surface area contributed by atoms with Crippen LogP contribution in [0.2, 0.25) is 0 Å². The van der Waals surface area contributed by atoms with Crippen molar-refractivity contribution in [2.75, 3.05) is 18.5 Å². The quantitative estimate of drug-likeness (QED) is 0.820. The van der Waals surface area contributed by atoms with E-state index in [1.165, 1.54) is 12.3 Å². The lowest BCUT2D eigenvalue weighted by atomic mass is 10.2. The molecule has 0 spiro atoms. The number of anilines is 1. The molecule has 6 nitrogen and oxygen atoms in total. The number of carbonyl (C=O) groups excluding carboxylic acids is 2. The summed E-state index contributed by atoms with van der Waals surface area (Å²) in [6, 6.07) is 6.33. The Labute approximate surface area is 103 Å². The molecule has 1 aromatic rings. The minimum atomic E-state index is -0.553. The fraction of sp³-hybridized carbons (Fsp3) is 0.167. The summed E-state index contributed by atoms with van der Waals surface area (Å²) in [6.07, 6.45) is 1.26. The molecule has 0 saturated carbocycles. The smallest absolute Gasteiger partial charge is 0.294 e. The van der Waals surface area contributed by atoms with Gasteiger partial charge in [-0.3, -0.25) is 9.59 Å². The van der Waals surface area contributed by atoms with Crippen molar-refractivity contribution in [3.8, 4) is 0 Å². The first-order chi connectivity index (χ1) is 8.66. The van der Waals surface area contributed by atoms with Crippen molar-refractivity contribution in [1.82, 2.24) is 0 Å². The molecule has 0 bridgehead atoms. The maximum absolute atomic E-state index is 11.7. The molecule has 0 atom stereocenters. The zero-order chi connectivity index (χ0) is 13.0. The van der Waals surface area contributed by atoms with Gasteiger partial charge in [-0.15, -0.1) is 0 Å². The van der Waals surface area contributed by atoms with E-state index in [-0.39, 0.29) is 5.76 Å². The Morgan fingerprint density at radius 2 is 2.11 bits per heavy atom. The van der Waals surface area contributed by atoms with E-state index in [0.29, 0.717) is 24.5 Å². The molecular weight excluding hydrogens is 236 g/mol. The Bertz CT molecular complexity index is 511. The Morgan fingerprint density at radius 3 is 2.78 bits per heavy atom. The Morgan fingerprint density at radius 1 is 1.28 bits per heavy atom. The first-order valence-electron chi connectivity index (χ1n) is 5.32. The Hall–Kier alpha value is -2.50. The third-order valence-electron chi connectivity index (χ3n) is 2.28. The van der Waals surface area contributed by atoms with Crippen LogP contribution in [0.4, 0.5) is 5.69 Å². The Kier molecular flexibility index (Phi) is 3.47. The molecule has 1 heterocycles. The van der Waals surface area contributed by atoms with Crippen LogP contribution in [-0.4, -0.2) is 25.0 Å². The molecule has 0 unspecified atom stereocenters. The maximum Gasteiger partial charge on any atom is 0.294 e. The van der Waals surface area contributed by atoms with Gasteiger partial charge in [0, 0.05) is 11.3 Å². The van der Waals surface area contributed by atoms with Gasteiger partial charge in [0.25, 0.3) is 5.91 Å². The highest BCUT2D eigenvalue weighted by molar-refractivity contribution is 6.03.